The summed E-state index contributed by atoms with van der Waals surface area (Å²) in [5.74, 6) is 0.551. The number of nitrogens with zero attached hydrogens (tertiary/aromatic N) is 4. The SMILES string of the molecule is C[C@@H]1CN(c2nc(N)c([N+](=O)[O-])c(NC3CCCCC3)n2)C[C@H](C)O1. The van der Waals surface area contributed by atoms with Crippen LogP contribution in [0.25, 0.3) is 0 Å². The van der Waals surface area contributed by atoms with E-state index >= 15 is 0 Å². The number of hydrogen-bond acceptors (Lipinski definition) is 8. The zero-order valence-corrected chi connectivity index (χ0v) is 14.8. The van der Waals surface area contributed by atoms with Gasteiger partial charge in [-0.1, -0.05) is 19.3 Å². The number of nitrogens with one attached hydrogen (secondary N) is 1. The first kappa shape index (κ1) is 17.7. The highest BCUT2D eigenvalue weighted by Crippen LogP contribution is 2.33. The topological polar surface area (TPSA) is 119 Å². The van der Waals surface area contributed by atoms with Gasteiger partial charge in [0.25, 0.3) is 0 Å². The maximum Gasteiger partial charge on any atom is 0.353 e. The van der Waals surface area contributed by atoms with Gasteiger partial charge in [0.05, 0.1) is 17.1 Å². The Hall–Kier alpha value is -2.16. The van der Waals surface area contributed by atoms with Gasteiger partial charge < -0.3 is 20.7 Å². The van der Waals surface area contributed by atoms with Crippen LogP contribution in [-0.2, 0) is 4.74 Å². The van der Waals surface area contributed by atoms with Gasteiger partial charge in [-0.15, -0.1) is 0 Å². The fourth-order valence-corrected chi connectivity index (χ4v) is 3.66. The van der Waals surface area contributed by atoms with E-state index in [9.17, 15) is 10.1 Å². The molecular formula is C16H26N6O3. The average Bonchev–Trinajstić information content (AvgIpc) is 2.54. The second-order valence-corrected chi connectivity index (χ2v) is 7.00. The molecule has 0 bridgehead atoms. The molecular weight excluding hydrogens is 324 g/mol. The summed E-state index contributed by atoms with van der Waals surface area (Å²) in [4.78, 5) is 21.6. The molecule has 1 aliphatic carbocycles. The second-order valence-electron chi connectivity index (χ2n) is 7.00. The summed E-state index contributed by atoms with van der Waals surface area (Å²) < 4.78 is 5.73. The standard InChI is InChI=1S/C16H26N6O3/c1-10-8-21(9-11(2)25-10)16-19-14(17)13(22(23)24)15(20-16)18-12-6-4-3-5-7-12/h10-12H,3-9H2,1-2H3,(H3,17,18,19,20)/t10-,11+. The molecule has 0 radical (unpaired) electrons. The fourth-order valence-electron chi connectivity index (χ4n) is 3.66. The van der Waals surface area contributed by atoms with Crippen molar-refractivity contribution in [3.63, 3.8) is 0 Å². The van der Waals surface area contributed by atoms with Crippen molar-refractivity contribution in [3.8, 4) is 0 Å². The lowest BCUT2D eigenvalue weighted by Crippen LogP contribution is -2.46. The van der Waals surface area contributed by atoms with Crippen LogP contribution in [0.2, 0.25) is 0 Å². The minimum atomic E-state index is -0.505. The first-order chi connectivity index (χ1) is 11.9. The van der Waals surface area contributed by atoms with Crippen LogP contribution in [0, 0.1) is 10.1 Å². The predicted molar refractivity (Wildman–Crippen MR) is 95.8 cm³/mol. The molecule has 3 N–H and O–H groups in total. The van der Waals surface area contributed by atoms with Gasteiger partial charge in [-0.3, -0.25) is 10.1 Å². The summed E-state index contributed by atoms with van der Waals surface area (Å²) in [5, 5.41) is 14.7. The minimum absolute atomic E-state index is 0.0403. The zero-order valence-electron chi connectivity index (χ0n) is 14.8. The molecule has 3 rings (SSSR count). The van der Waals surface area contributed by atoms with Crippen molar-refractivity contribution < 1.29 is 9.66 Å². The molecule has 25 heavy (non-hydrogen) atoms. The Morgan fingerprint density at radius 3 is 2.44 bits per heavy atom. The molecule has 0 spiro atoms. The van der Waals surface area contributed by atoms with Crippen molar-refractivity contribution in [2.45, 2.75) is 64.2 Å². The summed E-state index contributed by atoms with van der Waals surface area (Å²) in [6.45, 7) is 5.23. The van der Waals surface area contributed by atoms with Crippen molar-refractivity contribution >= 4 is 23.3 Å². The van der Waals surface area contributed by atoms with Gasteiger partial charge in [0, 0.05) is 19.1 Å². The predicted octanol–water partition coefficient (Wildman–Crippen LogP) is 2.33. The van der Waals surface area contributed by atoms with Crippen LogP contribution in [0.4, 0.5) is 23.3 Å². The Morgan fingerprint density at radius 2 is 1.84 bits per heavy atom. The van der Waals surface area contributed by atoms with Crippen LogP contribution in [0.5, 0.6) is 0 Å². The number of rotatable bonds is 4. The lowest BCUT2D eigenvalue weighted by atomic mass is 9.95. The van der Waals surface area contributed by atoms with Crippen molar-refractivity contribution in [2.24, 2.45) is 0 Å². The van der Waals surface area contributed by atoms with Crippen LogP contribution in [0.1, 0.15) is 46.0 Å². The summed E-state index contributed by atoms with van der Waals surface area (Å²) in [5.41, 5.74) is 5.68. The quantitative estimate of drug-likeness (QED) is 0.627. The smallest absolute Gasteiger partial charge is 0.353 e. The van der Waals surface area contributed by atoms with E-state index in [-0.39, 0.29) is 35.6 Å². The van der Waals surface area contributed by atoms with Crippen molar-refractivity contribution in [1.29, 1.82) is 0 Å². The highest BCUT2D eigenvalue weighted by Gasteiger charge is 2.30. The largest absolute Gasteiger partial charge is 0.378 e. The molecule has 1 aliphatic heterocycles. The molecule has 0 unspecified atom stereocenters. The Bertz CT molecular complexity index is 625. The Balaban J connectivity index is 1.90. The highest BCUT2D eigenvalue weighted by molar-refractivity contribution is 5.70. The number of anilines is 3. The number of hydrogen-bond donors (Lipinski definition) is 2. The monoisotopic (exact) mass is 350 g/mol. The maximum atomic E-state index is 11.4. The third kappa shape index (κ3) is 4.09. The number of morpholine rings is 1. The molecule has 2 atom stereocenters. The molecule has 9 heteroatoms. The van der Waals surface area contributed by atoms with Crippen LogP contribution in [-0.4, -0.2) is 46.2 Å². The molecule has 1 aromatic heterocycles. The van der Waals surface area contributed by atoms with Gasteiger partial charge in [-0.2, -0.15) is 9.97 Å². The van der Waals surface area contributed by atoms with E-state index in [1.54, 1.807) is 0 Å². The van der Waals surface area contributed by atoms with Crippen LogP contribution >= 0.6 is 0 Å². The number of ether oxygens (including phenoxy) is 1. The van der Waals surface area contributed by atoms with E-state index < -0.39 is 4.92 Å². The lowest BCUT2D eigenvalue weighted by Gasteiger charge is -2.35. The van der Waals surface area contributed by atoms with E-state index in [4.69, 9.17) is 10.5 Å². The van der Waals surface area contributed by atoms with Gasteiger partial charge in [0.2, 0.25) is 17.6 Å². The molecule has 2 aliphatic rings. The summed E-state index contributed by atoms with van der Waals surface area (Å²) in [6.07, 6.45) is 5.51. The van der Waals surface area contributed by atoms with E-state index in [0.717, 1.165) is 25.7 Å². The minimum Gasteiger partial charge on any atom is -0.378 e. The van der Waals surface area contributed by atoms with E-state index in [0.29, 0.717) is 19.0 Å². The normalized spacial score (nSPS) is 25.0. The number of aromatic nitrogens is 2. The maximum absolute atomic E-state index is 11.4. The molecule has 2 heterocycles. The van der Waals surface area contributed by atoms with Crippen molar-refractivity contribution in [1.82, 2.24) is 9.97 Å². The summed E-state index contributed by atoms with van der Waals surface area (Å²) in [6, 6.07) is 0.192. The number of nitrogens with two attached hydrogens (primary N) is 1. The summed E-state index contributed by atoms with van der Waals surface area (Å²) in [7, 11) is 0. The zero-order chi connectivity index (χ0) is 18.0. The first-order valence-electron chi connectivity index (χ1n) is 8.93. The van der Waals surface area contributed by atoms with E-state index in [1.165, 1.54) is 6.42 Å². The van der Waals surface area contributed by atoms with Gasteiger partial charge in [0.15, 0.2) is 0 Å². The summed E-state index contributed by atoms with van der Waals surface area (Å²) >= 11 is 0. The molecule has 0 amide bonds. The van der Waals surface area contributed by atoms with Gasteiger partial charge in [0.1, 0.15) is 0 Å². The highest BCUT2D eigenvalue weighted by atomic mass is 16.6. The van der Waals surface area contributed by atoms with Crippen molar-refractivity contribution in [3.05, 3.63) is 10.1 Å². The first-order valence-corrected chi connectivity index (χ1v) is 8.93. The molecule has 2 fully saturated rings. The van der Waals surface area contributed by atoms with E-state index in [2.05, 4.69) is 15.3 Å². The third-order valence-electron chi connectivity index (χ3n) is 4.73. The van der Waals surface area contributed by atoms with Gasteiger partial charge >= 0.3 is 5.69 Å². The molecule has 0 aromatic carbocycles. The number of nitrogen functional groups attached to an aromatic ring is 1. The Labute approximate surface area is 147 Å². The molecule has 1 aromatic rings. The third-order valence-corrected chi connectivity index (χ3v) is 4.73. The molecule has 1 saturated heterocycles. The average molecular weight is 350 g/mol. The molecule has 138 valence electrons. The number of nitro groups is 1. The Kier molecular flexibility index (Phi) is 5.22. The van der Waals surface area contributed by atoms with Crippen LogP contribution in [0.15, 0.2) is 0 Å². The Morgan fingerprint density at radius 1 is 1.20 bits per heavy atom. The lowest BCUT2D eigenvalue weighted by molar-refractivity contribution is -0.383. The van der Waals surface area contributed by atoms with Crippen LogP contribution in [0.3, 0.4) is 0 Å². The van der Waals surface area contributed by atoms with Crippen LogP contribution < -0.4 is 16.0 Å². The second kappa shape index (κ2) is 7.38. The van der Waals surface area contributed by atoms with Gasteiger partial charge in [-0.25, -0.2) is 0 Å². The molecule has 9 nitrogen and oxygen atoms in total. The van der Waals surface area contributed by atoms with Gasteiger partial charge in [-0.05, 0) is 26.7 Å². The fraction of sp³-hybridized carbons (Fsp3) is 0.750. The van der Waals surface area contributed by atoms with Crippen molar-refractivity contribution in [2.75, 3.05) is 29.0 Å². The molecule has 1 saturated carbocycles. The van der Waals surface area contributed by atoms with E-state index in [1.807, 2.05) is 18.7 Å².